The molecule has 22 heavy (non-hydrogen) atoms. The van der Waals surface area contributed by atoms with Crippen molar-refractivity contribution in [1.82, 2.24) is 5.32 Å². The normalized spacial score (nSPS) is 14.0. The van der Waals surface area contributed by atoms with Crippen molar-refractivity contribution in [1.29, 1.82) is 0 Å². The van der Waals surface area contributed by atoms with E-state index in [0.29, 0.717) is 18.9 Å². The molecule has 0 heterocycles. The SMILES string of the molecule is CC(C)CC(C)(CN)NC(=O)Cc1ccc2ccccc2c1. The van der Waals surface area contributed by atoms with E-state index in [1.54, 1.807) is 0 Å². The lowest BCUT2D eigenvalue weighted by Gasteiger charge is -2.31. The number of nitrogens with two attached hydrogens (primary N) is 1. The third-order valence-corrected chi connectivity index (χ3v) is 3.93. The molecule has 0 aliphatic rings. The minimum absolute atomic E-state index is 0.0314. The maximum atomic E-state index is 12.3. The third-order valence-electron chi connectivity index (χ3n) is 3.93. The molecular weight excluding hydrogens is 272 g/mol. The van der Waals surface area contributed by atoms with Crippen molar-refractivity contribution >= 4 is 16.7 Å². The molecule has 2 rings (SSSR count). The second-order valence-corrected chi connectivity index (χ2v) is 6.77. The molecule has 1 amide bonds. The van der Waals surface area contributed by atoms with Gasteiger partial charge in [0.2, 0.25) is 5.91 Å². The molecule has 0 aliphatic carbocycles. The van der Waals surface area contributed by atoms with Gasteiger partial charge in [0.15, 0.2) is 0 Å². The summed E-state index contributed by atoms with van der Waals surface area (Å²) in [6, 6.07) is 14.3. The molecule has 118 valence electrons. The minimum Gasteiger partial charge on any atom is -0.349 e. The van der Waals surface area contributed by atoms with Gasteiger partial charge in [0.1, 0.15) is 0 Å². The average molecular weight is 298 g/mol. The van der Waals surface area contributed by atoms with E-state index in [1.165, 1.54) is 5.39 Å². The molecule has 0 bridgehead atoms. The van der Waals surface area contributed by atoms with Crippen LogP contribution in [0.15, 0.2) is 42.5 Å². The number of hydrogen-bond donors (Lipinski definition) is 2. The van der Waals surface area contributed by atoms with Crippen LogP contribution in [0.5, 0.6) is 0 Å². The van der Waals surface area contributed by atoms with Crippen molar-refractivity contribution < 1.29 is 4.79 Å². The first kappa shape index (κ1) is 16.5. The van der Waals surface area contributed by atoms with Crippen LogP contribution in [-0.2, 0) is 11.2 Å². The van der Waals surface area contributed by atoms with Crippen molar-refractivity contribution in [2.24, 2.45) is 11.7 Å². The molecule has 2 aromatic carbocycles. The van der Waals surface area contributed by atoms with E-state index in [9.17, 15) is 4.79 Å². The van der Waals surface area contributed by atoms with E-state index in [-0.39, 0.29) is 11.4 Å². The lowest BCUT2D eigenvalue weighted by atomic mass is 9.90. The molecule has 1 unspecified atom stereocenters. The number of nitrogens with one attached hydrogen (secondary N) is 1. The lowest BCUT2D eigenvalue weighted by Crippen LogP contribution is -2.52. The Bertz CT molecular complexity index is 651. The first-order valence-corrected chi connectivity index (χ1v) is 7.90. The molecular formula is C19H26N2O. The number of hydrogen-bond acceptors (Lipinski definition) is 2. The fourth-order valence-corrected chi connectivity index (χ4v) is 3.00. The molecule has 0 aliphatic heterocycles. The second kappa shape index (κ2) is 6.93. The molecule has 3 heteroatoms. The fourth-order valence-electron chi connectivity index (χ4n) is 3.00. The zero-order valence-corrected chi connectivity index (χ0v) is 13.7. The molecule has 3 nitrogen and oxygen atoms in total. The Labute approximate surface area is 132 Å². The Morgan fingerprint density at radius 1 is 1.18 bits per heavy atom. The number of carbonyl (C=O) groups excluding carboxylic acids is 1. The Balaban J connectivity index is 2.06. The predicted octanol–water partition coefficient (Wildman–Crippen LogP) is 3.26. The Morgan fingerprint density at radius 2 is 1.86 bits per heavy atom. The van der Waals surface area contributed by atoms with Gasteiger partial charge in [-0.2, -0.15) is 0 Å². The van der Waals surface area contributed by atoms with Gasteiger partial charge in [0.25, 0.3) is 0 Å². The zero-order valence-electron chi connectivity index (χ0n) is 13.7. The van der Waals surface area contributed by atoms with E-state index in [0.717, 1.165) is 17.4 Å². The maximum absolute atomic E-state index is 12.3. The van der Waals surface area contributed by atoms with Crippen LogP contribution in [0.25, 0.3) is 10.8 Å². The highest BCUT2D eigenvalue weighted by molar-refractivity contribution is 5.85. The largest absolute Gasteiger partial charge is 0.349 e. The van der Waals surface area contributed by atoms with Crippen molar-refractivity contribution in [3.8, 4) is 0 Å². The van der Waals surface area contributed by atoms with Gasteiger partial charge in [0.05, 0.1) is 6.42 Å². The van der Waals surface area contributed by atoms with Crippen LogP contribution in [0.4, 0.5) is 0 Å². The maximum Gasteiger partial charge on any atom is 0.224 e. The van der Waals surface area contributed by atoms with Gasteiger partial charge in [-0.1, -0.05) is 56.3 Å². The second-order valence-electron chi connectivity index (χ2n) is 6.77. The van der Waals surface area contributed by atoms with Crippen molar-refractivity contribution in [3.63, 3.8) is 0 Å². The number of carbonyl (C=O) groups is 1. The van der Waals surface area contributed by atoms with Crippen LogP contribution in [0.1, 0.15) is 32.8 Å². The summed E-state index contributed by atoms with van der Waals surface area (Å²) in [6.45, 7) is 6.76. The molecule has 0 spiro atoms. The van der Waals surface area contributed by atoms with Gasteiger partial charge in [-0.05, 0) is 35.6 Å². The summed E-state index contributed by atoms with van der Waals surface area (Å²) < 4.78 is 0. The summed E-state index contributed by atoms with van der Waals surface area (Å²) in [5, 5.41) is 5.46. The van der Waals surface area contributed by atoms with Crippen LogP contribution >= 0.6 is 0 Å². The monoisotopic (exact) mass is 298 g/mol. The van der Waals surface area contributed by atoms with Gasteiger partial charge in [-0.25, -0.2) is 0 Å². The number of benzene rings is 2. The molecule has 2 aromatic rings. The first-order chi connectivity index (χ1) is 10.4. The van der Waals surface area contributed by atoms with Crippen LogP contribution in [0.2, 0.25) is 0 Å². The summed E-state index contributed by atoms with van der Waals surface area (Å²) >= 11 is 0. The van der Waals surface area contributed by atoms with Crippen LogP contribution in [-0.4, -0.2) is 18.0 Å². The highest BCUT2D eigenvalue weighted by Gasteiger charge is 2.25. The Kier molecular flexibility index (Phi) is 5.19. The first-order valence-electron chi connectivity index (χ1n) is 7.90. The van der Waals surface area contributed by atoms with Gasteiger partial charge < -0.3 is 11.1 Å². The predicted molar refractivity (Wildman–Crippen MR) is 92.7 cm³/mol. The Hall–Kier alpha value is -1.87. The molecule has 0 radical (unpaired) electrons. The zero-order chi connectivity index (χ0) is 16.2. The Morgan fingerprint density at radius 3 is 2.50 bits per heavy atom. The summed E-state index contributed by atoms with van der Waals surface area (Å²) in [5.41, 5.74) is 6.55. The summed E-state index contributed by atoms with van der Waals surface area (Å²) in [4.78, 5) is 12.3. The van der Waals surface area contributed by atoms with Crippen LogP contribution in [0, 0.1) is 5.92 Å². The van der Waals surface area contributed by atoms with E-state index < -0.39 is 0 Å². The van der Waals surface area contributed by atoms with Crippen LogP contribution < -0.4 is 11.1 Å². The van der Waals surface area contributed by atoms with E-state index >= 15 is 0 Å². The average Bonchev–Trinajstić information content (AvgIpc) is 2.46. The molecule has 1 atom stereocenters. The quantitative estimate of drug-likeness (QED) is 0.860. The lowest BCUT2D eigenvalue weighted by molar-refractivity contribution is -0.122. The van der Waals surface area contributed by atoms with E-state index in [1.807, 2.05) is 25.1 Å². The van der Waals surface area contributed by atoms with Gasteiger partial charge in [-0.15, -0.1) is 0 Å². The number of amides is 1. The molecule has 0 aromatic heterocycles. The highest BCUT2D eigenvalue weighted by Crippen LogP contribution is 2.18. The summed E-state index contributed by atoms with van der Waals surface area (Å²) in [6.07, 6.45) is 1.27. The standard InChI is InChI=1S/C19H26N2O/c1-14(2)12-19(3,13-20)21-18(22)11-15-8-9-16-6-4-5-7-17(16)10-15/h4-10,14H,11-13,20H2,1-3H3,(H,21,22). The fraction of sp³-hybridized carbons (Fsp3) is 0.421. The number of rotatable bonds is 6. The third kappa shape index (κ3) is 4.31. The molecule has 0 saturated heterocycles. The van der Waals surface area contributed by atoms with Gasteiger partial charge >= 0.3 is 0 Å². The number of fused-ring (bicyclic) bond motifs is 1. The van der Waals surface area contributed by atoms with E-state index in [4.69, 9.17) is 5.73 Å². The smallest absolute Gasteiger partial charge is 0.224 e. The van der Waals surface area contributed by atoms with Crippen LogP contribution in [0.3, 0.4) is 0 Å². The van der Waals surface area contributed by atoms with Gasteiger partial charge in [-0.3, -0.25) is 4.79 Å². The van der Waals surface area contributed by atoms with Gasteiger partial charge in [0, 0.05) is 12.1 Å². The van der Waals surface area contributed by atoms with Crippen molar-refractivity contribution in [3.05, 3.63) is 48.0 Å². The highest BCUT2D eigenvalue weighted by atomic mass is 16.1. The van der Waals surface area contributed by atoms with Crippen molar-refractivity contribution in [2.45, 2.75) is 39.2 Å². The minimum atomic E-state index is -0.331. The molecule has 0 fully saturated rings. The molecule has 0 saturated carbocycles. The summed E-state index contributed by atoms with van der Waals surface area (Å²) in [5.74, 6) is 0.526. The van der Waals surface area contributed by atoms with Crippen molar-refractivity contribution in [2.75, 3.05) is 6.54 Å². The topological polar surface area (TPSA) is 55.1 Å². The van der Waals surface area contributed by atoms with E-state index in [2.05, 4.69) is 43.4 Å². The molecule has 3 N–H and O–H groups in total. The summed E-state index contributed by atoms with van der Waals surface area (Å²) in [7, 11) is 0.